The molecule has 0 bridgehead atoms. The van der Waals surface area contributed by atoms with Gasteiger partial charge < -0.3 is 0 Å². The van der Waals surface area contributed by atoms with Crippen molar-refractivity contribution >= 4 is 22.4 Å². The third-order valence-electron chi connectivity index (χ3n) is 3.36. The molecule has 0 saturated heterocycles. The number of rotatable bonds is 5. The van der Waals surface area contributed by atoms with Crippen molar-refractivity contribution in [1.82, 2.24) is 14.8 Å². The summed E-state index contributed by atoms with van der Waals surface area (Å²) in [5.41, 5.74) is 2.69. The Balaban J connectivity index is 1.82. The Hall–Kier alpha value is -2.47. The number of carbonyl (C=O) groups is 1. The minimum Gasteiger partial charge on any atom is -0.298 e. The maximum atomic E-state index is 12.4. The lowest BCUT2D eigenvalue weighted by atomic mass is 10.2. The van der Waals surface area contributed by atoms with Gasteiger partial charge in [-0.3, -0.25) is 14.8 Å². The summed E-state index contributed by atoms with van der Waals surface area (Å²) in [5.74, 6) is -0.161. The van der Waals surface area contributed by atoms with Gasteiger partial charge in [-0.25, -0.2) is 4.98 Å². The normalized spacial score (nSPS) is 10.6. The standard InChI is InChI=1S/C16H16N4OS/c1-2-14-13(15(21)19-16-17-8-9-22-16)10-18-20(14)11-12-6-4-3-5-7-12/h3-10H,2,11H2,1H3,(H,17,19,21). The first kappa shape index (κ1) is 14.5. The van der Waals surface area contributed by atoms with Crippen LogP contribution in [0.25, 0.3) is 0 Å². The highest BCUT2D eigenvalue weighted by atomic mass is 32.1. The molecule has 2 aromatic heterocycles. The molecule has 3 rings (SSSR count). The smallest absolute Gasteiger partial charge is 0.260 e. The second kappa shape index (κ2) is 6.53. The third-order valence-corrected chi connectivity index (χ3v) is 4.04. The fourth-order valence-corrected chi connectivity index (χ4v) is 2.84. The van der Waals surface area contributed by atoms with E-state index in [0.717, 1.165) is 17.7 Å². The van der Waals surface area contributed by atoms with Gasteiger partial charge in [-0.1, -0.05) is 37.3 Å². The van der Waals surface area contributed by atoms with Crippen molar-refractivity contribution in [3.8, 4) is 0 Å². The van der Waals surface area contributed by atoms with Gasteiger partial charge in [-0.2, -0.15) is 5.10 Å². The van der Waals surface area contributed by atoms with Crippen molar-refractivity contribution in [2.45, 2.75) is 19.9 Å². The number of hydrogen-bond acceptors (Lipinski definition) is 4. The quantitative estimate of drug-likeness (QED) is 0.787. The van der Waals surface area contributed by atoms with Gasteiger partial charge in [-0.05, 0) is 12.0 Å². The first-order valence-electron chi connectivity index (χ1n) is 7.07. The highest BCUT2D eigenvalue weighted by molar-refractivity contribution is 7.13. The molecule has 0 fully saturated rings. The minimum atomic E-state index is -0.161. The van der Waals surface area contributed by atoms with E-state index in [9.17, 15) is 4.79 Å². The Labute approximate surface area is 132 Å². The highest BCUT2D eigenvalue weighted by Gasteiger charge is 2.17. The van der Waals surface area contributed by atoms with Crippen LogP contribution in [0.1, 0.15) is 28.5 Å². The summed E-state index contributed by atoms with van der Waals surface area (Å²) in [4.78, 5) is 16.4. The summed E-state index contributed by atoms with van der Waals surface area (Å²) in [6.07, 6.45) is 4.04. The van der Waals surface area contributed by atoms with Gasteiger partial charge in [0.05, 0.1) is 24.0 Å². The molecule has 1 aromatic carbocycles. The zero-order valence-corrected chi connectivity index (χ0v) is 13.0. The van der Waals surface area contributed by atoms with Crippen molar-refractivity contribution in [3.05, 3.63) is 64.9 Å². The van der Waals surface area contributed by atoms with Crippen LogP contribution in [0.5, 0.6) is 0 Å². The van der Waals surface area contributed by atoms with Crippen molar-refractivity contribution in [3.63, 3.8) is 0 Å². The molecule has 1 N–H and O–H groups in total. The number of nitrogens with one attached hydrogen (secondary N) is 1. The Morgan fingerprint density at radius 2 is 2.14 bits per heavy atom. The molecule has 5 nitrogen and oxygen atoms in total. The molecule has 112 valence electrons. The van der Waals surface area contributed by atoms with Crippen LogP contribution in [0, 0.1) is 0 Å². The van der Waals surface area contributed by atoms with E-state index in [1.165, 1.54) is 11.3 Å². The number of carbonyl (C=O) groups excluding carboxylic acids is 1. The largest absolute Gasteiger partial charge is 0.298 e. The lowest BCUT2D eigenvalue weighted by Gasteiger charge is -2.08. The molecule has 0 saturated carbocycles. The average molecular weight is 312 g/mol. The van der Waals surface area contributed by atoms with E-state index in [0.29, 0.717) is 17.2 Å². The molecule has 6 heteroatoms. The van der Waals surface area contributed by atoms with Crippen molar-refractivity contribution in [1.29, 1.82) is 0 Å². The minimum absolute atomic E-state index is 0.161. The van der Waals surface area contributed by atoms with E-state index in [1.54, 1.807) is 12.4 Å². The van der Waals surface area contributed by atoms with Crippen LogP contribution in [0.3, 0.4) is 0 Å². The van der Waals surface area contributed by atoms with Gasteiger partial charge in [-0.15, -0.1) is 11.3 Å². The van der Waals surface area contributed by atoms with Crippen molar-refractivity contribution < 1.29 is 4.79 Å². The van der Waals surface area contributed by atoms with E-state index in [4.69, 9.17) is 0 Å². The molecule has 3 aromatic rings. The summed E-state index contributed by atoms with van der Waals surface area (Å²) < 4.78 is 1.88. The SMILES string of the molecule is CCc1c(C(=O)Nc2nccs2)cnn1Cc1ccccc1. The molecule has 0 atom stereocenters. The maximum Gasteiger partial charge on any atom is 0.260 e. The number of thiazole rings is 1. The number of hydrogen-bond donors (Lipinski definition) is 1. The van der Waals surface area contributed by atoms with Gasteiger partial charge in [0.1, 0.15) is 0 Å². The number of aromatic nitrogens is 3. The summed E-state index contributed by atoms with van der Waals surface area (Å²) in [7, 11) is 0. The number of nitrogens with zero attached hydrogens (tertiary/aromatic N) is 3. The Morgan fingerprint density at radius 1 is 1.32 bits per heavy atom. The van der Waals surface area contributed by atoms with Crippen molar-refractivity contribution in [2.24, 2.45) is 0 Å². The van der Waals surface area contributed by atoms with Crippen LogP contribution in [0.15, 0.2) is 48.1 Å². The first-order chi connectivity index (χ1) is 10.8. The molecule has 22 heavy (non-hydrogen) atoms. The molecule has 0 aliphatic rings. The lowest BCUT2D eigenvalue weighted by molar-refractivity contribution is 0.102. The fourth-order valence-electron chi connectivity index (χ4n) is 2.32. The van der Waals surface area contributed by atoms with Crippen LogP contribution in [0.2, 0.25) is 0 Å². The predicted octanol–water partition coefficient (Wildman–Crippen LogP) is 3.20. The van der Waals surface area contributed by atoms with Gasteiger partial charge in [0.2, 0.25) is 0 Å². The van der Waals surface area contributed by atoms with Crippen LogP contribution >= 0.6 is 11.3 Å². The number of benzene rings is 1. The van der Waals surface area contributed by atoms with Crippen LogP contribution < -0.4 is 5.32 Å². The second-order valence-electron chi connectivity index (χ2n) is 4.79. The topological polar surface area (TPSA) is 59.8 Å². The molecule has 0 spiro atoms. The monoisotopic (exact) mass is 312 g/mol. The van der Waals surface area contributed by atoms with Crippen LogP contribution in [-0.4, -0.2) is 20.7 Å². The van der Waals surface area contributed by atoms with Crippen LogP contribution in [-0.2, 0) is 13.0 Å². The van der Waals surface area contributed by atoms with Crippen LogP contribution in [0.4, 0.5) is 5.13 Å². The number of amides is 1. The molecule has 0 aliphatic carbocycles. The zero-order chi connectivity index (χ0) is 15.4. The summed E-state index contributed by atoms with van der Waals surface area (Å²) >= 11 is 1.40. The Kier molecular flexibility index (Phi) is 4.29. The van der Waals surface area contributed by atoms with E-state index < -0.39 is 0 Å². The summed E-state index contributed by atoms with van der Waals surface area (Å²) in [6.45, 7) is 2.69. The molecule has 2 heterocycles. The highest BCUT2D eigenvalue weighted by Crippen LogP contribution is 2.16. The molecule has 0 unspecified atom stereocenters. The molecular formula is C16H16N4OS. The molecule has 1 amide bonds. The van der Waals surface area contributed by atoms with E-state index in [-0.39, 0.29) is 5.91 Å². The predicted molar refractivity (Wildman–Crippen MR) is 87.2 cm³/mol. The van der Waals surface area contributed by atoms with Gasteiger partial charge in [0.25, 0.3) is 5.91 Å². The Bertz CT molecular complexity index is 750. The number of anilines is 1. The first-order valence-corrected chi connectivity index (χ1v) is 7.95. The summed E-state index contributed by atoms with van der Waals surface area (Å²) in [5, 5.41) is 9.61. The Morgan fingerprint density at radius 3 is 2.82 bits per heavy atom. The van der Waals surface area contributed by atoms with Gasteiger partial charge >= 0.3 is 0 Å². The lowest BCUT2D eigenvalue weighted by Crippen LogP contribution is -2.14. The summed E-state index contributed by atoms with van der Waals surface area (Å²) in [6, 6.07) is 10.1. The second-order valence-corrected chi connectivity index (χ2v) is 5.69. The molecule has 0 aliphatic heterocycles. The maximum absolute atomic E-state index is 12.4. The zero-order valence-electron chi connectivity index (χ0n) is 12.2. The van der Waals surface area contributed by atoms with E-state index >= 15 is 0 Å². The fraction of sp³-hybridized carbons (Fsp3) is 0.188. The van der Waals surface area contributed by atoms with Gasteiger partial charge in [0.15, 0.2) is 5.13 Å². The average Bonchev–Trinajstić information content (AvgIpc) is 3.17. The van der Waals surface area contributed by atoms with E-state index in [1.807, 2.05) is 35.2 Å². The third kappa shape index (κ3) is 3.07. The molecule has 0 radical (unpaired) electrons. The van der Waals surface area contributed by atoms with Crippen molar-refractivity contribution in [2.75, 3.05) is 5.32 Å². The molecular weight excluding hydrogens is 296 g/mol. The van der Waals surface area contributed by atoms with Gasteiger partial charge in [0, 0.05) is 11.6 Å². The van der Waals surface area contributed by atoms with E-state index in [2.05, 4.69) is 27.5 Å².